The minimum Gasteiger partial charge on any atom is -0.478 e. The molecule has 2 amide bonds. The van der Waals surface area contributed by atoms with Gasteiger partial charge in [0.1, 0.15) is 0 Å². The number of carboxylic acid groups (broad SMARTS) is 1. The average molecular weight is 343 g/mol. The van der Waals surface area contributed by atoms with E-state index in [1.807, 2.05) is 6.92 Å². The van der Waals surface area contributed by atoms with Gasteiger partial charge in [-0.1, -0.05) is 13.8 Å². The summed E-state index contributed by atoms with van der Waals surface area (Å²) >= 11 is 3.16. The summed E-state index contributed by atoms with van der Waals surface area (Å²) in [6.45, 7) is 6.11. The van der Waals surface area contributed by atoms with Gasteiger partial charge in [0.15, 0.2) is 0 Å². The van der Waals surface area contributed by atoms with Gasteiger partial charge < -0.3 is 15.7 Å². The van der Waals surface area contributed by atoms with Crippen LogP contribution in [0.4, 0.5) is 10.5 Å². The highest BCUT2D eigenvalue weighted by Crippen LogP contribution is 2.21. The van der Waals surface area contributed by atoms with E-state index < -0.39 is 5.97 Å². The second kappa shape index (κ2) is 7.28. The minimum absolute atomic E-state index is 0.0596. The molecule has 3 N–H and O–H groups in total. The molecular formula is C14H19BrN2O3. The molecule has 0 aliphatic heterocycles. The number of amides is 2. The molecule has 1 rings (SSSR count). The van der Waals surface area contributed by atoms with E-state index in [1.54, 1.807) is 12.1 Å². The first-order valence-electron chi connectivity index (χ1n) is 6.40. The number of halogens is 1. The molecule has 1 aromatic rings. The third kappa shape index (κ3) is 5.21. The van der Waals surface area contributed by atoms with E-state index >= 15 is 0 Å². The number of benzene rings is 1. The molecule has 0 aliphatic carbocycles. The first kappa shape index (κ1) is 16.5. The van der Waals surface area contributed by atoms with Crippen molar-refractivity contribution in [2.45, 2.75) is 33.2 Å². The van der Waals surface area contributed by atoms with Crippen LogP contribution in [0, 0.1) is 5.92 Å². The van der Waals surface area contributed by atoms with E-state index in [0.717, 1.165) is 6.42 Å². The Morgan fingerprint density at radius 3 is 2.50 bits per heavy atom. The van der Waals surface area contributed by atoms with Crippen molar-refractivity contribution in [1.82, 2.24) is 5.32 Å². The van der Waals surface area contributed by atoms with Gasteiger partial charge in [-0.05, 0) is 53.4 Å². The minimum atomic E-state index is -1.05. The van der Waals surface area contributed by atoms with Crippen LogP contribution in [0.15, 0.2) is 22.7 Å². The number of urea groups is 1. The third-order valence-corrected chi connectivity index (χ3v) is 3.35. The Labute approximate surface area is 126 Å². The van der Waals surface area contributed by atoms with Gasteiger partial charge in [-0.2, -0.15) is 0 Å². The van der Waals surface area contributed by atoms with Gasteiger partial charge >= 0.3 is 12.0 Å². The number of carboxylic acids is 1. The smallest absolute Gasteiger partial charge is 0.336 e. The van der Waals surface area contributed by atoms with E-state index in [4.69, 9.17) is 5.11 Å². The van der Waals surface area contributed by atoms with Crippen molar-refractivity contribution in [3.05, 3.63) is 28.2 Å². The van der Waals surface area contributed by atoms with E-state index in [-0.39, 0.29) is 17.6 Å². The number of carbonyl (C=O) groups excluding carboxylic acids is 1. The molecule has 0 saturated carbocycles. The molecule has 0 aromatic heterocycles. The van der Waals surface area contributed by atoms with Crippen LogP contribution in [-0.4, -0.2) is 23.1 Å². The first-order chi connectivity index (χ1) is 9.29. The fraction of sp³-hybridized carbons (Fsp3) is 0.429. The lowest BCUT2D eigenvalue weighted by atomic mass is 10.1. The molecular weight excluding hydrogens is 324 g/mol. The van der Waals surface area contributed by atoms with Gasteiger partial charge in [0.25, 0.3) is 0 Å². The van der Waals surface area contributed by atoms with Gasteiger partial charge in [0.2, 0.25) is 0 Å². The van der Waals surface area contributed by atoms with Crippen molar-refractivity contribution in [3.8, 4) is 0 Å². The lowest BCUT2D eigenvalue weighted by molar-refractivity contribution is 0.0696. The molecule has 0 heterocycles. The molecule has 0 spiro atoms. The molecule has 0 radical (unpaired) electrons. The monoisotopic (exact) mass is 342 g/mol. The normalized spacial score (nSPS) is 12.1. The Morgan fingerprint density at radius 2 is 1.95 bits per heavy atom. The molecule has 0 fully saturated rings. The predicted octanol–water partition coefficient (Wildman–Crippen LogP) is 3.70. The van der Waals surface area contributed by atoms with Gasteiger partial charge in [-0.25, -0.2) is 9.59 Å². The van der Waals surface area contributed by atoms with Crippen molar-refractivity contribution >= 4 is 33.6 Å². The van der Waals surface area contributed by atoms with Crippen molar-refractivity contribution in [3.63, 3.8) is 0 Å². The number of aromatic carboxylic acids is 1. The van der Waals surface area contributed by atoms with Gasteiger partial charge in [0, 0.05) is 16.2 Å². The molecule has 110 valence electrons. The van der Waals surface area contributed by atoms with E-state index in [0.29, 0.717) is 16.1 Å². The Morgan fingerprint density at radius 1 is 1.30 bits per heavy atom. The maximum Gasteiger partial charge on any atom is 0.336 e. The number of rotatable bonds is 5. The summed E-state index contributed by atoms with van der Waals surface area (Å²) in [7, 11) is 0. The SMILES string of the molecule is CC(C)CC(C)NC(=O)Nc1ccc(Br)c(C(=O)O)c1. The molecule has 1 atom stereocenters. The standard InChI is InChI=1S/C14H19BrN2O3/c1-8(2)6-9(3)16-14(20)17-10-4-5-12(15)11(7-10)13(18)19/h4-5,7-9H,6H2,1-3H3,(H,18,19)(H2,16,17,20). The summed E-state index contributed by atoms with van der Waals surface area (Å²) in [5.74, 6) is -0.550. The third-order valence-electron chi connectivity index (χ3n) is 2.66. The fourth-order valence-corrected chi connectivity index (χ4v) is 2.34. The van der Waals surface area contributed by atoms with Crippen LogP contribution in [0.1, 0.15) is 37.6 Å². The molecule has 20 heavy (non-hydrogen) atoms. The van der Waals surface area contributed by atoms with E-state index in [1.165, 1.54) is 6.07 Å². The molecule has 0 bridgehead atoms. The zero-order chi connectivity index (χ0) is 15.3. The molecule has 1 aromatic carbocycles. The van der Waals surface area contributed by atoms with Crippen LogP contribution in [0.25, 0.3) is 0 Å². The maximum absolute atomic E-state index is 11.8. The van der Waals surface area contributed by atoms with E-state index in [2.05, 4.69) is 40.4 Å². The summed E-state index contributed by atoms with van der Waals surface area (Å²) in [6.07, 6.45) is 0.883. The molecule has 0 aliphatic rings. The highest BCUT2D eigenvalue weighted by atomic mass is 79.9. The molecule has 6 heteroatoms. The quantitative estimate of drug-likeness (QED) is 0.763. The number of hydrogen-bond donors (Lipinski definition) is 3. The van der Waals surface area contributed by atoms with Crippen LogP contribution >= 0.6 is 15.9 Å². The van der Waals surface area contributed by atoms with Crippen LogP contribution in [-0.2, 0) is 0 Å². The fourth-order valence-electron chi connectivity index (χ4n) is 1.92. The predicted molar refractivity (Wildman–Crippen MR) is 82.2 cm³/mol. The Kier molecular flexibility index (Phi) is 6.01. The Hall–Kier alpha value is -1.56. The van der Waals surface area contributed by atoms with Gasteiger partial charge in [0.05, 0.1) is 5.56 Å². The summed E-state index contributed by atoms with van der Waals surface area (Å²) in [4.78, 5) is 22.8. The summed E-state index contributed by atoms with van der Waals surface area (Å²) < 4.78 is 0.476. The average Bonchev–Trinajstić information content (AvgIpc) is 2.29. The lowest BCUT2D eigenvalue weighted by Crippen LogP contribution is -2.36. The summed E-state index contributed by atoms with van der Waals surface area (Å²) in [5, 5.41) is 14.5. The topological polar surface area (TPSA) is 78.4 Å². The van der Waals surface area contributed by atoms with Crippen molar-refractivity contribution in [2.75, 3.05) is 5.32 Å². The van der Waals surface area contributed by atoms with Crippen molar-refractivity contribution in [1.29, 1.82) is 0 Å². The molecule has 5 nitrogen and oxygen atoms in total. The number of anilines is 1. The lowest BCUT2D eigenvalue weighted by Gasteiger charge is -2.16. The number of nitrogens with one attached hydrogen (secondary N) is 2. The van der Waals surface area contributed by atoms with Crippen LogP contribution in [0.5, 0.6) is 0 Å². The highest BCUT2D eigenvalue weighted by Gasteiger charge is 2.12. The Balaban J connectivity index is 2.67. The zero-order valence-corrected chi connectivity index (χ0v) is 13.3. The second-order valence-corrected chi connectivity index (χ2v) is 5.98. The molecule has 0 saturated heterocycles. The second-order valence-electron chi connectivity index (χ2n) is 5.13. The summed E-state index contributed by atoms with van der Waals surface area (Å²) in [6, 6.07) is 4.38. The highest BCUT2D eigenvalue weighted by molar-refractivity contribution is 9.10. The van der Waals surface area contributed by atoms with Crippen LogP contribution in [0.2, 0.25) is 0 Å². The van der Waals surface area contributed by atoms with Gasteiger partial charge in [-0.3, -0.25) is 0 Å². The van der Waals surface area contributed by atoms with E-state index in [9.17, 15) is 9.59 Å². The van der Waals surface area contributed by atoms with Crippen LogP contribution < -0.4 is 10.6 Å². The largest absolute Gasteiger partial charge is 0.478 e. The number of hydrogen-bond acceptors (Lipinski definition) is 2. The van der Waals surface area contributed by atoms with Crippen LogP contribution in [0.3, 0.4) is 0 Å². The van der Waals surface area contributed by atoms with Crippen molar-refractivity contribution < 1.29 is 14.7 Å². The maximum atomic E-state index is 11.8. The molecule has 1 unspecified atom stereocenters. The zero-order valence-electron chi connectivity index (χ0n) is 11.7. The first-order valence-corrected chi connectivity index (χ1v) is 7.19. The number of carbonyl (C=O) groups is 2. The Bertz CT molecular complexity index is 503. The summed E-state index contributed by atoms with van der Waals surface area (Å²) in [5.41, 5.74) is 0.554. The van der Waals surface area contributed by atoms with Gasteiger partial charge in [-0.15, -0.1) is 0 Å². The van der Waals surface area contributed by atoms with Crippen molar-refractivity contribution in [2.24, 2.45) is 5.92 Å².